The molecule has 0 radical (unpaired) electrons. The van der Waals surface area contributed by atoms with Crippen molar-refractivity contribution in [3.05, 3.63) is 35.9 Å². The fourth-order valence-corrected chi connectivity index (χ4v) is 4.90. The maximum Gasteiger partial charge on any atom is 0.214 e. The predicted molar refractivity (Wildman–Crippen MR) is 91.4 cm³/mol. The lowest BCUT2D eigenvalue weighted by Gasteiger charge is -2.46. The molecule has 25 heavy (non-hydrogen) atoms. The Bertz CT molecular complexity index is 640. The molecule has 1 aromatic carbocycles. The summed E-state index contributed by atoms with van der Waals surface area (Å²) in [5.74, 6) is -1.49. The van der Waals surface area contributed by atoms with Gasteiger partial charge in [0.2, 0.25) is 5.79 Å². The highest BCUT2D eigenvalue weighted by molar-refractivity contribution is 5.25. The quantitative estimate of drug-likeness (QED) is 0.875. The van der Waals surface area contributed by atoms with Gasteiger partial charge in [0, 0.05) is 19.1 Å². The highest BCUT2D eigenvalue weighted by Crippen LogP contribution is 2.57. The largest absolute Gasteiger partial charge is 0.375 e. The maximum absolute atomic E-state index is 11.3. The van der Waals surface area contributed by atoms with Crippen molar-refractivity contribution in [1.29, 1.82) is 0 Å². The van der Waals surface area contributed by atoms with Gasteiger partial charge in [-0.2, -0.15) is 10.1 Å². The minimum atomic E-state index is -1.49. The Morgan fingerprint density at radius 2 is 1.80 bits per heavy atom. The number of hydroxylamine groups is 4. The Hall–Kier alpha value is -1.02. The van der Waals surface area contributed by atoms with Crippen LogP contribution in [0, 0.1) is 0 Å². The first-order chi connectivity index (χ1) is 11.9. The summed E-state index contributed by atoms with van der Waals surface area (Å²) in [7, 11) is 1.64. The van der Waals surface area contributed by atoms with Crippen LogP contribution in [-0.2, 0) is 15.4 Å². The molecule has 0 aromatic heterocycles. The molecule has 3 aliphatic rings. The van der Waals surface area contributed by atoms with Gasteiger partial charge in [0.1, 0.15) is 0 Å². The number of hydrogen-bond acceptors (Lipinski definition) is 6. The lowest BCUT2D eigenvalue weighted by atomic mass is 9.83. The third-order valence-corrected chi connectivity index (χ3v) is 6.49. The van der Waals surface area contributed by atoms with E-state index in [1.165, 1.54) is 5.06 Å². The van der Waals surface area contributed by atoms with Crippen molar-refractivity contribution in [2.45, 2.75) is 75.1 Å². The Balaban J connectivity index is 1.81. The number of rotatable bonds is 3. The van der Waals surface area contributed by atoms with E-state index in [1.807, 2.05) is 49.2 Å². The summed E-state index contributed by atoms with van der Waals surface area (Å²) in [6, 6.07) is 9.44. The summed E-state index contributed by atoms with van der Waals surface area (Å²) in [4.78, 5) is 6.20. The van der Waals surface area contributed by atoms with Gasteiger partial charge < -0.3 is 15.1 Å². The molecule has 1 saturated carbocycles. The molecule has 6 nitrogen and oxygen atoms in total. The van der Waals surface area contributed by atoms with Crippen LogP contribution >= 0.6 is 0 Å². The van der Waals surface area contributed by atoms with Gasteiger partial charge in [-0.1, -0.05) is 43.2 Å². The van der Waals surface area contributed by atoms with Crippen LogP contribution in [0.15, 0.2) is 30.3 Å². The predicted octanol–water partition coefficient (Wildman–Crippen LogP) is 2.61. The zero-order chi connectivity index (χ0) is 17.9. The minimum Gasteiger partial charge on any atom is -0.375 e. The van der Waals surface area contributed by atoms with Gasteiger partial charge in [-0.3, -0.25) is 4.84 Å². The van der Waals surface area contributed by atoms with Crippen LogP contribution < -0.4 is 0 Å². The Morgan fingerprint density at radius 1 is 1.16 bits per heavy atom. The smallest absolute Gasteiger partial charge is 0.214 e. The van der Waals surface area contributed by atoms with E-state index in [4.69, 9.17) is 9.57 Å². The third kappa shape index (κ3) is 2.25. The van der Waals surface area contributed by atoms with Gasteiger partial charge >= 0.3 is 0 Å². The molecule has 2 heterocycles. The first-order valence-corrected chi connectivity index (χ1v) is 9.15. The highest BCUT2D eigenvalue weighted by atomic mass is 16.8. The number of hydrogen-bond donors (Lipinski definition) is 2. The molecule has 2 N–H and O–H groups in total. The molecule has 1 aliphatic carbocycles. The molecule has 2 unspecified atom stereocenters. The Morgan fingerprint density at radius 3 is 2.44 bits per heavy atom. The number of methoxy groups -OCH3 is 1. The van der Waals surface area contributed by atoms with Crippen LogP contribution in [0.5, 0.6) is 0 Å². The second-order valence-electron chi connectivity index (χ2n) is 8.04. The molecule has 3 fully saturated rings. The third-order valence-electron chi connectivity index (χ3n) is 6.49. The highest BCUT2D eigenvalue weighted by Gasteiger charge is 2.73. The van der Waals surface area contributed by atoms with E-state index in [-0.39, 0.29) is 18.5 Å². The normalized spacial score (nSPS) is 39.4. The topological polar surface area (TPSA) is 65.4 Å². The SMILES string of the molecule is COC(C)(C)[C@@]12CC(O)(c3ccccc3)ON1[C@H]1CCCCC1N2O. The van der Waals surface area contributed by atoms with E-state index < -0.39 is 17.1 Å². The lowest BCUT2D eigenvalue weighted by molar-refractivity contribution is -0.334. The number of ether oxygens (including phenoxy) is 1. The van der Waals surface area contributed by atoms with Crippen LogP contribution in [0.3, 0.4) is 0 Å². The van der Waals surface area contributed by atoms with Gasteiger partial charge in [0.15, 0.2) is 5.66 Å². The number of nitrogens with zero attached hydrogens (tertiary/aromatic N) is 2. The van der Waals surface area contributed by atoms with Gasteiger partial charge in [-0.25, -0.2) is 0 Å². The molecule has 2 aliphatic heterocycles. The van der Waals surface area contributed by atoms with Crippen molar-refractivity contribution < 1.29 is 19.9 Å². The monoisotopic (exact) mass is 348 g/mol. The summed E-state index contributed by atoms with van der Waals surface area (Å²) in [5.41, 5.74) is -0.985. The maximum atomic E-state index is 11.3. The molecule has 0 bridgehead atoms. The first kappa shape index (κ1) is 17.4. The van der Waals surface area contributed by atoms with Crippen LogP contribution in [0.4, 0.5) is 0 Å². The zero-order valence-electron chi connectivity index (χ0n) is 15.2. The summed E-state index contributed by atoms with van der Waals surface area (Å²) in [5, 5.41) is 25.8. The Labute approximate surface area is 148 Å². The number of fused-ring (bicyclic) bond motifs is 3. The van der Waals surface area contributed by atoms with Crippen molar-refractivity contribution in [2.75, 3.05) is 7.11 Å². The van der Waals surface area contributed by atoms with E-state index in [9.17, 15) is 10.3 Å². The van der Waals surface area contributed by atoms with E-state index in [2.05, 4.69) is 0 Å². The second kappa shape index (κ2) is 5.74. The molecule has 4 atom stereocenters. The number of benzene rings is 1. The average molecular weight is 348 g/mol. The van der Waals surface area contributed by atoms with Crippen LogP contribution in [0.1, 0.15) is 51.5 Å². The number of aliphatic hydroxyl groups is 1. The molecule has 1 aromatic rings. The summed E-state index contributed by atoms with van der Waals surface area (Å²) >= 11 is 0. The lowest BCUT2D eigenvalue weighted by Crippen LogP contribution is -2.64. The van der Waals surface area contributed by atoms with Crippen molar-refractivity contribution >= 4 is 0 Å². The van der Waals surface area contributed by atoms with E-state index in [1.54, 1.807) is 7.11 Å². The standard InChI is InChI=1S/C19H28N2O4/c1-17(2,24-3)19-13-18(22,14-9-5-4-6-10-14)25-21(19)16-12-8-7-11-15(16)20(19)23/h4-6,9-10,15-16,22-23H,7-8,11-13H2,1-3H3/t15?,16-,18?,19+/m0/s1. The first-order valence-electron chi connectivity index (χ1n) is 9.15. The second-order valence-corrected chi connectivity index (χ2v) is 8.04. The van der Waals surface area contributed by atoms with Gasteiger partial charge in [0.25, 0.3) is 0 Å². The minimum absolute atomic E-state index is 0.00324. The van der Waals surface area contributed by atoms with Crippen molar-refractivity contribution in [2.24, 2.45) is 0 Å². The molecule has 0 amide bonds. The zero-order valence-corrected chi connectivity index (χ0v) is 15.2. The van der Waals surface area contributed by atoms with Crippen LogP contribution in [0.2, 0.25) is 0 Å². The average Bonchev–Trinajstić information content (AvgIpc) is 3.08. The van der Waals surface area contributed by atoms with Crippen molar-refractivity contribution in [3.8, 4) is 0 Å². The van der Waals surface area contributed by atoms with Crippen molar-refractivity contribution in [3.63, 3.8) is 0 Å². The Kier molecular flexibility index (Phi) is 3.99. The van der Waals surface area contributed by atoms with E-state index in [0.29, 0.717) is 5.56 Å². The summed E-state index contributed by atoms with van der Waals surface area (Å²) < 4.78 is 5.80. The summed E-state index contributed by atoms with van der Waals surface area (Å²) in [6.45, 7) is 3.89. The van der Waals surface area contributed by atoms with Gasteiger partial charge in [0.05, 0.1) is 17.7 Å². The summed E-state index contributed by atoms with van der Waals surface area (Å²) in [6.07, 6.45) is 4.27. The van der Waals surface area contributed by atoms with Crippen LogP contribution in [0.25, 0.3) is 0 Å². The molecular formula is C19H28N2O4. The molecule has 2 saturated heterocycles. The van der Waals surface area contributed by atoms with E-state index in [0.717, 1.165) is 25.7 Å². The van der Waals surface area contributed by atoms with Crippen LogP contribution in [-0.4, -0.2) is 50.9 Å². The fourth-order valence-electron chi connectivity index (χ4n) is 4.90. The molecule has 138 valence electrons. The molecule has 0 spiro atoms. The van der Waals surface area contributed by atoms with Gasteiger partial charge in [-0.15, -0.1) is 0 Å². The molecule has 6 heteroatoms. The molecule has 4 rings (SSSR count). The fraction of sp³-hybridized carbons (Fsp3) is 0.684. The van der Waals surface area contributed by atoms with Gasteiger partial charge in [-0.05, 0) is 26.7 Å². The van der Waals surface area contributed by atoms with Crippen molar-refractivity contribution in [1.82, 2.24) is 10.1 Å². The van der Waals surface area contributed by atoms with E-state index >= 15 is 0 Å². The molecular weight excluding hydrogens is 320 g/mol.